The Morgan fingerprint density at radius 3 is 2.63 bits per heavy atom. The maximum atomic E-state index is 13.0. The minimum absolute atomic E-state index is 0.0579. The number of nitrogens with zero attached hydrogens (tertiary/aromatic N) is 2. The summed E-state index contributed by atoms with van der Waals surface area (Å²) in [5.74, 6) is -2.02. The lowest BCUT2D eigenvalue weighted by atomic mass is 9.95. The fourth-order valence-electron chi connectivity index (χ4n) is 5.11. The summed E-state index contributed by atoms with van der Waals surface area (Å²) in [5.41, 5.74) is 5.15. The molecule has 5 rings (SSSR count). The van der Waals surface area contributed by atoms with Crippen LogP contribution in [-0.4, -0.2) is 44.9 Å². The van der Waals surface area contributed by atoms with E-state index in [2.05, 4.69) is 10.6 Å². The van der Waals surface area contributed by atoms with Gasteiger partial charge in [-0.05, 0) is 87.4 Å². The quantitative estimate of drug-likeness (QED) is 0.317. The molecule has 0 bridgehead atoms. The number of carbonyl (C=O) groups excluding carboxylic acids is 3. The van der Waals surface area contributed by atoms with Crippen molar-refractivity contribution < 1.29 is 24.3 Å². The van der Waals surface area contributed by atoms with E-state index in [0.29, 0.717) is 21.8 Å². The number of carbonyl (C=O) groups is 4. The van der Waals surface area contributed by atoms with E-state index in [4.69, 9.17) is 0 Å². The average molecular weight is 533 g/mol. The maximum Gasteiger partial charge on any atom is 0.339 e. The molecule has 0 unspecified atom stereocenters. The summed E-state index contributed by atoms with van der Waals surface area (Å²) < 4.78 is 1.91. The Morgan fingerprint density at radius 2 is 1.89 bits per heavy atom. The molecule has 2 aromatic heterocycles. The topological polar surface area (TPSA) is 121 Å². The van der Waals surface area contributed by atoms with Crippen LogP contribution >= 0.6 is 11.3 Å². The van der Waals surface area contributed by atoms with Crippen molar-refractivity contribution in [3.05, 3.63) is 74.5 Å². The zero-order valence-electron chi connectivity index (χ0n) is 21.4. The van der Waals surface area contributed by atoms with Crippen molar-refractivity contribution >= 4 is 46.9 Å². The van der Waals surface area contributed by atoms with Gasteiger partial charge in [0.2, 0.25) is 5.91 Å². The van der Waals surface area contributed by atoms with Crippen LogP contribution in [0.25, 0.3) is 11.1 Å². The number of benzene rings is 1. The standard InChI is InChI=1S/C28H28N4O5S/c1-15-7-6-8-19(11-15)29-23(33)14-31-25(34)21(30-28(31)37)13-18-12-16(2)32(17(18)3)26-24(27(35)36)20-9-4-5-10-22(20)38-26/h6-8,11-13H,4-5,9-10,14H2,1-3H3,(H,29,33)(H,30,37)(H,35,36)/b21-13-. The molecule has 0 atom stereocenters. The third-order valence-corrected chi connectivity index (χ3v) is 8.18. The molecule has 4 amide bonds. The second-order valence-corrected chi connectivity index (χ2v) is 10.7. The van der Waals surface area contributed by atoms with Gasteiger partial charge in [-0.25, -0.2) is 14.5 Å². The molecule has 0 saturated carbocycles. The van der Waals surface area contributed by atoms with Crippen LogP contribution in [0.4, 0.5) is 10.5 Å². The van der Waals surface area contributed by atoms with E-state index in [1.807, 2.05) is 37.5 Å². The van der Waals surface area contributed by atoms with Crippen LogP contribution in [-0.2, 0) is 22.4 Å². The van der Waals surface area contributed by atoms with Crippen LogP contribution in [0.1, 0.15) is 56.2 Å². The minimum Gasteiger partial charge on any atom is -0.478 e. The second kappa shape index (κ2) is 9.94. The fraction of sp³-hybridized carbons (Fsp3) is 0.286. The Balaban J connectivity index is 1.40. The van der Waals surface area contributed by atoms with Gasteiger partial charge in [-0.1, -0.05) is 12.1 Å². The molecule has 1 aliphatic heterocycles. The van der Waals surface area contributed by atoms with Crippen molar-refractivity contribution in [1.82, 2.24) is 14.8 Å². The number of aromatic carboxylic acids is 1. The highest BCUT2D eigenvalue weighted by atomic mass is 32.1. The second-order valence-electron chi connectivity index (χ2n) is 9.66. The number of hydrogen-bond donors (Lipinski definition) is 3. The highest BCUT2D eigenvalue weighted by Crippen LogP contribution is 2.39. The lowest BCUT2D eigenvalue weighted by Gasteiger charge is -2.12. The molecule has 196 valence electrons. The van der Waals surface area contributed by atoms with Gasteiger partial charge in [0.25, 0.3) is 5.91 Å². The van der Waals surface area contributed by atoms with E-state index in [0.717, 1.165) is 58.0 Å². The van der Waals surface area contributed by atoms with Crippen LogP contribution in [0.2, 0.25) is 0 Å². The summed E-state index contributed by atoms with van der Waals surface area (Å²) in [6, 6.07) is 8.42. The molecule has 3 N–H and O–H groups in total. The first kappa shape index (κ1) is 25.5. The number of urea groups is 1. The van der Waals surface area contributed by atoms with Gasteiger partial charge >= 0.3 is 12.0 Å². The van der Waals surface area contributed by atoms with Gasteiger partial charge in [-0.2, -0.15) is 0 Å². The number of aryl methyl sites for hydroxylation is 3. The van der Waals surface area contributed by atoms with E-state index in [1.54, 1.807) is 24.3 Å². The van der Waals surface area contributed by atoms with Gasteiger partial charge < -0.3 is 20.3 Å². The van der Waals surface area contributed by atoms with Crippen LogP contribution < -0.4 is 10.6 Å². The molecule has 38 heavy (non-hydrogen) atoms. The molecule has 1 fully saturated rings. The first-order valence-electron chi connectivity index (χ1n) is 12.4. The number of carboxylic acids is 1. The largest absolute Gasteiger partial charge is 0.478 e. The molecule has 1 aromatic carbocycles. The molecular formula is C28H28N4O5S. The first-order valence-corrected chi connectivity index (χ1v) is 13.2. The monoisotopic (exact) mass is 532 g/mol. The zero-order chi connectivity index (χ0) is 27.1. The predicted octanol–water partition coefficient (Wildman–Crippen LogP) is 4.57. The summed E-state index contributed by atoms with van der Waals surface area (Å²) in [6.45, 7) is 5.22. The summed E-state index contributed by atoms with van der Waals surface area (Å²) in [5, 5.41) is 15.9. The SMILES string of the molecule is Cc1cccc(NC(=O)CN2C(=O)N/C(=C\c3cc(C)n(-c4sc5c(c4C(=O)O)CCCC5)c3C)C2=O)c1. The normalized spacial score (nSPS) is 16.1. The molecule has 2 aliphatic rings. The number of anilines is 1. The minimum atomic E-state index is -0.940. The molecule has 10 heteroatoms. The van der Waals surface area contributed by atoms with Gasteiger partial charge in [0, 0.05) is 22.0 Å². The van der Waals surface area contributed by atoms with Crippen molar-refractivity contribution in [2.45, 2.75) is 46.5 Å². The number of thiophene rings is 1. The predicted molar refractivity (Wildman–Crippen MR) is 145 cm³/mol. The van der Waals surface area contributed by atoms with E-state index >= 15 is 0 Å². The summed E-state index contributed by atoms with van der Waals surface area (Å²) in [7, 11) is 0. The zero-order valence-corrected chi connectivity index (χ0v) is 22.2. The van der Waals surface area contributed by atoms with E-state index in [-0.39, 0.29) is 5.70 Å². The number of rotatable bonds is 6. The highest BCUT2D eigenvalue weighted by molar-refractivity contribution is 7.15. The van der Waals surface area contributed by atoms with Crippen molar-refractivity contribution in [1.29, 1.82) is 0 Å². The number of aromatic nitrogens is 1. The van der Waals surface area contributed by atoms with Gasteiger partial charge in [0.05, 0.1) is 5.56 Å². The Hall–Kier alpha value is -4.18. The molecule has 3 heterocycles. The smallest absolute Gasteiger partial charge is 0.339 e. The Labute approximate surface area is 223 Å². The average Bonchev–Trinajstić information content (AvgIpc) is 3.46. The summed E-state index contributed by atoms with van der Waals surface area (Å²) in [4.78, 5) is 52.3. The van der Waals surface area contributed by atoms with Crippen molar-refractivity contribution in [3.63, 3.8) is 0 Å². The van der Waals surface area contributed by atoms with E-state index in [9.17, 15) is 24.3 Å². The molecule has 0 spiro atoms. The fourth-order valence-corrected chi connectivity index (χ4v) is 6.61. The molecule has 1 saturated heterocycles. The highest BCUT2D eigenvalue weighted by Gasteiger charge is 2.35. The van der Waals surface area contributed by atoms with Crippen molar-refractivity contribution in [2.75, 3.05) is 11.9 Å². The number of nitrogens with one attached hydrogen (secondary N) is 2. The number of imide groups is 1. The third-order valence-electron chi connectivity index (χ3n) is 6.91. The summed E-state index contributed by atoms with van der Waals surface area (Å²) in [6.07, 6.45) is 5.24. The molecule has 0 radical (unpaired) electrons. The van der Waals surface area contributed by atoms with Crippen LogP contribution in [0, 0.1) is 20.8 Å². The van der Waals surface area contributed by atoms with Crippen molar-refractivity contribution in [3.8, 4) is 5.00 Å². The lowest BCUT2D eigenvalue weighted by Crippen LogP contribution is -2.38. The van der Waals surface area contributed by atoms with E-state index in [1.165, 1.54) is 11.3 Å². The number of hydrogen-bond acceptors (Lipinski definition) is 5. The molecule has 9 nitrogen and oxygen atoms in total. The van der Waals surface area contributed by atoms with Gasteiger partial charge in [0.1, 0.15) is 17.2 Å². The first-order chi connectivity index (χ1) is 18.1. The van der Waals surface area contributed by atoms with Gasteiger partial charge in [0.15, 0.2) is 0 Å². The molecule has 1 aliphatic carbocycles. The van der Waals surface area contributed by atoms with Crippen molar-refractivity contribution in [2.24, 2.45) is 0 Å². The number of amides is 4. The Kier molecular flexibility index (Phi) is 6.66. The van der Waals surface area contributed by atoms with Crippen LogP contribution in [0.15, 0.2) is 36.0 Å². The lowest BCUT2D eigenvalue weighted by molar-refractivity contribution is -0.127. The number of fused-ring (bicyclic) bond motifs is 1. The van der Waals surface area contributed by atoms with Gasteiger partial charge in [-0.3, -0.25) is 9.59 Å². The molecular weight excluding hydrogens is 504 g/mol. The Bertz CT molecular complexity index is 1530. The van der Waals surface area contributed by atoms with Gasteiger partial charge in [-0.15, -0.1) is 11.3 Å². The van der Waals surface area contributed by atoms with Crippen LogP contribution in [0.5, 0.6) is 0 Å². The molecule has 3 aromatic rings. The maximum absolute atomic E-state index is 13.0. The summed E-state index contributed by atoms with van der Waals surface area (Å²) >= 11 is 1.51. The Morgan fingerprint density at radius 1 is 1.13 bits per heavy atom. The van der Waals surface area contributed by atoms with Crippen LogP contribution in [0.3, 0.4) is 0 Å². The third kappa shape index (κ3) is 4.63. The number of carboxylic acid groups (broad SMARTS) is 1. The van der Waals surface area contributed by atoms with E-state index < -0.39 is 30.4 Å².